The highest BCUT2D eigenvalue weighted by atomic mass is 14.9. The van der Waals surface area contributed by atoms with Gasteiger partial charge in [0.1, 0.15) is 0 Å². The summed E-state index contributed by atoms with van der Waals surface area (Å²) in [5, 5.41) is 3.59. The molecule has 1 aromatic rings. The van der Waals surface area contributed by atoms with Crippen LogP contribution in [0.3, 0.4) is 0 Å². The first-order valence-corrected chi connectivity index (χ1v) is 8.43. The number of nitrogens with zero attached hydrogens (tertiary/aromatic N) is 1. The molecule has 1 N–H and O–H groups in total. The third kappa shape index (κ3) is 2.23. The van der Waals surface area contributed by atoms with Crippen LogP contribution in [0, 0.1) is 35.5 Å². The molecule has 0 aliphatic heterocycles. The minimum atomic E-state index is 0.796. The Bertz CT molecular complexity index is 428. The highest BCUT2D eigenvalue weighted by Crippen LogP contribution is 2.58. The average Bonchev–Trinajstić information content (AvgIpc) is 2.45. The SMILES string of the molecule is CC(CNc1cccnc1)C1C2CC3CC(C2)CC1C3. The van der Waals surface area contributed by atoms with Crippen molar-refractivity contribution >= 4 is 5.69 Å². The van der Waals surface area contributed by atoms with Gasteiger partial charge in [0.2, 0.25) is 0 Å². The van der Waals surface area contributed by atoms with Crippen LogP contribution < -0.4 is 5.32 Å². The van der Waals surface area contributed by atoms with Gasteiger partial charge in [-0.3, -0.25) is 4.98 Å². The summed E-state index contributed by atoms with van der Waals surface area (Å²) >= 11 is 0. The minimum Gasteiger partial charge on any atom is -0.384 e. The number of rotatable bonds is 4. The van der Waals surface area contributed by atoms with E-state index in [9.17, 15) is 0 Å². The van der Waals surface area contributed by atoms with Gasteiger partial charge in [-0.25, -0.2) is 0 Å². The summed E-state index contributed by atoms with van der Waals surface area (Å²) in [5.41, 5.74) is 1.17. The van der Waals surface area contributed by atoms with Crippen LogP contribution >= 0.6 is 0 Å². The van der Waals surface area contributed by atoms with Crippen molar-refractivity contribution in [1.29, 1.82) is 0 Å². The monoisotopic (exact) mass is 270 g/mol. The Kier molecular flexibility index (Phi) is 3.20. The zero-order chi connectivity index (χ0) is 13.5. The van der Waals surface area contributed by atoms with Crippen LogP contribution in [-0.2, 0) is 0 Å². The topological polar surface area (TPSA) is 24.9 Å². The van der Waals surface area contributed by atoms with Gasteiger partial charge in [0.05, 0.1) is 5.69 Å². The first kappa shape index (κ1) is 12.7. The van der Waals surface area contributed by atoms with Crippen molar-refractivity contribution < 1.29 is 0 Å². The molecule has 0 amide bonds. The zero-order valence-corrected chi connectivity index (χ0v) is 12.5. The normalized spacial score (nSPS) is 39.8. The smallest absolute Gasteiger partial charge is 0.0526 e. The fourth-order valence-electron chi connectivity index (χ4n) is 5.78. The summed E-state index contributed by atoms with van der Waals surface area (Å²) in [5.74, 6) is 6.03. The Morgan fingerprint density at radius 1 is 1.15 bits per heavy atom. The van der Waals surface area contributed by atoms with Crippen LogP contribution in [0.25, 0.3) is 0 Å². The van der Waals surface area contributed by atoms with Gasteiger partial charge < -0.3 is 5.32 Å². The van der Waals surface area contributed by atoms with Gasteiger partial charge in [-0.2, -0.15) is 0 Å². The summed E-state index contributed by atoms with van der Waals surface area (Å²) < 4.78 is 0. The highest BCUT2D eigenvalue weighted by Gasteiger charge is 2.49. The lowest BCUT2D eigenvalue weighted by Crippen LogP contribution is -2.48. The second-order valence-corrected chi connectivity index (χ2v) is 7.61. The molecule has 4 aliphatic rings. The van der Waals surface area contributed by atoms with E-state index in [-0.39, 0.29) is 0 Å². The first-order chi connectivity index (χ1) is 9.79. The minimum absolute atomic E-state index is 0.796. The number of hydrogen-bond acceptors (Lipinski definition) is 2. The fourth-order valence-corrected chi connectivity index (χ4v) is 5.78. The maximum absolute atomic E-state index is 4.19. The number of nitrogens with one attached hydrogen (secondary N) is 1. The van der Waals surface area contributed by atoms with Crippen molar-refractivity contribution in [2.75, 3.05) is 11.9 Å². The maximum atomic E-state index is 4.19. The van der Waals surface area contributed by atoms with Crippen LogP contribution in [0.1, 0.15) is 39.0 Å². The molecular formula is C18H26N2. The molecule has 4 aliphatic carbocycles. The van der Waals surface area contributed by atoms with Gasteiger partial charge in [-0.15, -0.1) is 0 Å². The largest absolute Gasteiger partial charge is 0.384 e. The second kappa shape index (κ2) is 5.05. The van der Waals surface area contributed by atoms with Crippen molar-refractivity contribution in [3.05, 3.63) is 24.5 Å². The van der Waals surface area contributed by atoms with Crippen LogP contribution in [0.2, 0.25) is 0 Å². The van der Waals surface area contributed by atoms with E-state index in [1.807, 2.05) is 18.5 Å². The summed E-state index contributed by atoms with van der Waals surface area (Å²) in [6.07, 6.45) is 11.5. The maximum Gasteiger partial charge on any atom is 0.0526 e. The van der Waals surface area contributed by atoms with E-state index in [1.165, 1.54) is 31.4 Å². The average molecular weight is 270 g/mol. The molecule has 1 unspecified atom stereocenters. The van der Waals surface area contributed by atoms with Crippen LogP contribution in [0.15, 0.2) is 24.5 Å². The van der Waals surface area contributed by atoms with Crippen LogP contribution in [0.5, 0.6) is 0 Å². The standard InChI is InChI=1S/C18H26N2/c1-12(10-20-17-3-2-4-19-11-17)18-15-6-13-5-14(8-15)9-16(18)7-13/h2-4,11-16,18,20H,5-10H2,1H3. The molecule has 2 nitrogen and oxygen atoms in total. The Balaban J connectivity index is 1.40. The predicted molar refractivity (Wildman–Crippen MR) is 82.4 cm³/mol. The molecule has 20 heavy (non-hydrogen) atoms. The van der Waals surface area contributed by atoms with Gasteiger partial charge in [-0.1, -0.05) is 6.92 Å². The predicted octanol–water partition coefficient (Wildman–Crippen LogP) is 4.20. The molecule has 4 bridgehead atoms. The van der Waals surface area contributed by atoms with E-state index in [0.29, 0.717) is 0 Å². The van der Waals surface area contributed by atoms with E-state index < -0.39 is 0 Å². The third-order valence-electron chi connectivity index (χ3n) is 6.25. The molecule has 2 heteroatoms. The number of hydrogen-bond donors (Lipinski definition) is 1. The molecule has 5 rings (SSSR count). The Morgan fingerprint density at radius 2 is 1.85 bits per heavy atom. The molecule has 1 aromatic heterocycles. The number of aromatic nitrogens is 1. The summed E-state index contributed by atoms with van der Waals surface area (Å²) in [6.45, 7) is 3.58. The molecule has 108 valence electrons. The quantitative estimate of drug-likeness (QED) is 0.887. The summed E-state index contributed by atoms with van der Waals surface area (Å²) in [4.78, 5) is 4.19. The van der Waals surface area contributed by atoms with E-state index in [4.69, 9.17) is 0 Å². The number of pyridine rings is 1. The molecule has 4 saturated carbocycles. The van der Waals surface area contributed by atoms with Crippen molar-refractivity contribution in [2.45, 2.75) is 39.0 Å². The van der Waals surface area contributed by atoms with Gasteiger partial charge >= 0.3 is 0 Å². The lowest BCUT2D eigenvalue weighted by molar-refractivity contribution is -0.0561. The lowest BCUT2D eigenvalue weighted by Gasteiger charge is -2.56. The van der Waals surface area contributed by atoms with Gasteiger partial charge in [0, 0.05) is 18.9 Å². The Labute approximate surface area is 122 Å². The Morgan fingerprint density at radius 3 is 2.45 bits per heavy atom. The third-order valence-corrected chi connectivity index (χ3v) is 6.25. The van der Waals surface area contributed by atoms with Crippen LogP contribution in [-0.4, -0.2) is 11.5 Å². The molecular weight excluding hydrogens is 244 g/mol. The van der Waals surface area contributed by atoms with Crippen LogP contribution in [0.4, 0.5) is 5.69 Å². The van der Waals surface area contributed by atoms with E-state index in [2.05, 4.69) is 23.3 Å². The second-order valence-electron chi connectivity index (χ2n) is 7.61. The summed E-state index contributed by atoms with van der Waals surface area (Å²) in [6, 6.07) is 4.13. The van der Waals surface area contributed by atoms with Gasteiger partial charge in [0.25, 0.3) is 0 Å². The van der Waals surface area contributed by atoms with E-state index in [1.54, 1.807) is 6.42 Å². The molecule has 1 heterocycles. The highest BCUT2D eigenvalue weighted by molar-refractivity contribution is 5.39. The van der Waals surface area contributed by atoms with E-state index in [0.717, 1.165) is 42.1 Å². The van der Waals surface area contributed by atoms with Crippen molar-refractivity contribution in [2.24, 2.45) is 35.5 Å². The van der Waals surface area contributed by atoms with Crippen molar-refractivity contribution in [1.82, 2.24) is 4.98 Å². The van der Waals surface area contributed by atoms with Gasteiger partial charge in [0.15, 0.2) is 0 Å². The molecule has 0 saturated heterocycles. The van der Waals surface area contributed by atoms with E-state index >= 15 is 0 Å². The molecule has 0 spiro atoms. The Hall–Kier alpha value is -1.05. The van der Waals surface area contributed by atoms with Gasteiger partial charge in [-0.05, 0) is 79.7 Å². The number of anilines is 1. The lowest BCUT2D eigenvalue weighted by atomic mass is 9.50. The molecule has 0 radical (unpaired) electrons. The summed E-state index contributed by atoms with van der Waals surface area (Å²) in [7, 11) is 0. The molecule has 0 aromatic carbocycles. The zero-order valence-electron chi connectivity index (χ0n) is 12.5. The van der Waals surface area contributed by atoms with Crippen molar-refractivity contribution in [3.63, 3.8) is 0 Å². The molecule has 4 fully saturated rings. The molecule has 1 atom stereocenters. The first-order valence-electron chi connectivity index (χ1n) is 8.43. The van der Waals surface area contributed by atoms with Crippen molar-refractivity contribution in [3.8, 4) is 0 Å². The fraction of sp³-hybridized carbons (Fsp3) is 0.722.